The van der Waals surface area contributed by atoms with Crippen molar-refractivity contribution in [2.24, 2.45) is 10.9 Å². The van der Waals surface area contributed by atoms with Crippen molar-refractivity contribution in [3.63, 3.8) is 0 Å². The fourth-order valence-corrected chi connectivity index (χ4v) is 2.38. The van der Waals surface area contributed by atoms with Crippen LogP contribution in [0.4, 0.5) is 0 Å². The molecule has 0 radical (unpaired) electrons. The molecule has 0 aromatic heterocycles. The van der Waals surface area contributed by atoms with Gasteiger partial charge in [0.2, 0.25) is 0 Å². The van der Waals surface area contributed by atoms with Crippen LogP contribution in [-0.2, 0) is 9.63 Å². The smallest absolute Gasteiger partial charge is 0.372 e. The molecule has 3 aromatic carbocycles. The summed E-state index contributed by atoms with van der Waals surface area (Å²) in [5, 5.41) is 5.80. The zero-order valence-electron chi connectivity index (χ0n) is 13.8. The first-order valence-corrected chi connectivity index (χ1v) is 7.84. The third-order valence-corrected chi connectivity index (χ3v) is 3.64. The van der Waals surface area contributed by atoms with Gasteiger partial charge in [-0.25, -0.2) is 4.79 Å². The van der Waals surface area contributed by atoms with Crippen LogP contribution >= 0.6 is 0 Å². The lowest BCUT2D eigenvalue weighted by atomic mass is 10.1. The standard InChI is InChI=1S/C20H18N2O3/c1-14-5-4-8-17(11-14)20(21)22-25-19(23)13-24-18-10-9-15-6-2-3-7-16(15)12-18/h2-12H,13H2,1H3,(H2,21,22). The molecule has 3 rings (SSSR count). The van der Waals surface area contributed by atoms with E-state index in [0.29, 0.717) is 11.3 Å². The number of aryl methyl sites for hydroxylation is 1. The number of rotatable bonds is 5. The Kier molecular flexibility index (Phi) is 4.95. The van der Waals surface area contributed by atoms with Crippen LogP contribution < -0.4 is 10.5 Å². The molecule has 0 fully saturated rings. The minimum Gasteiger partial charge on any atom is -0.482 e. The van der Waals surface area contributed by atoms with E-state index in [1.165, 1.54) is 0 Å². The van der Waals surface area contributed by atoms with Crippen molar-refractivity contribution >= 4 is 22.6 Å². The quantitative estimate of drug-likeness (QED) is 0.336. The van der Waals surface area contributed by atoms with Crippen LogP contribution in [0.25, 0.3) is 10.8 Å². The summed E-state index contributed by atoms with van der Waals surface area (Å²) in [7, 11) is 0. The van der Waals surface area contributed by atoms with E-state index in [1.54, 1.807) is 12.1 Å². The van der Waals surface area contributed by atoms with Gasteiger partial charge in [0.15, 0.2) is 12.4 Å². The number of hydrogen-bond acceptors (Lipinski definition) is 4. The van der Waals surface area contributed by atoms with E-state index < -0.39 is 5.97 Å². The van der Waals surface area contributed by atoms with E-state index in [9.17, 15) is 4.79 Å². The number of amidine groups is 1. The molecule has 0 aliphatic carbocycles. The molecule has 126 valence electrons. The largest absolute Gasteiger partial charge is 0.482 e. The molecular formula is C20H18N2O3. The number of benzene rings is 3. The molecular weight excluding hydrogens is 316 g/mol. The zero-order chi connectivity index (χ0) is 17.6. The Morgan fingerprint density at radius 3 is 2.60 bits per heavy atom. The molecule has 25 heavy (non-hydrogen) atoms. The van der Waals surface area contributed by atoms with Gasteiger partial charge < -0.3 is 15.3 Å². The van der Waals surface area contributed by atoms with E-state index in [0.717, 1.165) is 16.3 Å². The Labute approximate surface area is 145 Å². The number of carbonyl (C=O) groups excluding carboxylic acids is 1. The third kappa shape index (κ3) is 4.35. The van der Waals surface area contributed by atoms with Crippen LogP contribution in [0.15, 0.2) is 71.9 Å². The predicted molar refractivity (Wildman–Crippen MR) is 97.4 cm³/mol. The van der Waals surface area contributed by atoms with Crippen LogP contribution in [0.3, 0.4) is 0 Å². The van der Waals surface area contributed by atoms with Gasteiger partial charge >= 0.3 is 5.97 Å². The molecule has 0 saturated carbocycles. The molecule has 0 bridgehead atoms. The van der Waals surface area contributed by atoms with E-state index in [2.05, 4.69) is 5.16 Å². The highest BCUT2D eigenvalue weighted by Gasteiger charge is 2.06. The average molecular weight is 334 g/mol. The number of ether oxygens (including phenoxy) is 1. The topological polar surface area (TPSA) is 73.9 Å². The first kappa shape index (κ1) is 16.5. The van der Waals surface area contributed by atoms with E-state index in [4.69, 9.17) is 15.3 Å². The van der Waals surface area contributed by atoms with E-state index in [1.807, 2.05) is 61.5 Å². The van der Waals surface area contributed by atoms with Crippen LogP contribution in [0.1, 0.15) is 11.1 Å². The van der Waals surface area contributed by atoms with Crippen LogP contribution in [0.2, 0.25) is 0 Å². The van der Waals surface area contributed by atoms with Crippen molar-refractivity contribution < 1.29 is 14.4 Å². The lowest BCUT2D eigenvalue weighted by Crippen LogP contribution is -2.18. The van der Waals surface area contributed by atoms with Crippen molar-refractivity contribution in [3.05, 3.63) is 77.9 Å². The molecule has 2 N–H and O–H groups in total. The average Bonchev–Trinajstić information content (AvgIpc) is 2.64. The highest BCUT2D eigenvalue weighted by atomic mass is 16.7. The molecule has 0 aliphatic rings. The molecule has 3 aromatic rings. The van der Waals surface area contributed by atoms with Crippen molar-refractivity contribution in [1.82, 2.24) is 0 Å². The number of fused-ring (bicyclic) bond motifs is 1. The Hall–Kier alpha value is -3.34. The van der Waals surface area contributed by atoms with Gasteiger partial charge in [-0.05, 0) is 35.9 Å². The normalized spacial score (nSPS) is 11.3. The number of carbonyl (C=O) groups is 1. The molecule has 0 atom stereocenters. The summed E-state index contributed by atoms with van der Waals surface area (Å²) in [6, 6.07) is 21.0. The van der Waals surface area contributed by atoms with Gasteiger partial charge in [0.1, 0.15) is 5.75 Å². The van der Waals surface area contributed by atoms with Crippen molar-refractivity contribution in [2.75, 3.05) is 6.61 Å². The highest BCUT2D eigenvalue weighted by Crippen LogP contribution is 2.20. The first-order chi connectivity index (χ1) is 12.1. The molecule has 0 saturated heterocycles. The maximum atomic E-state index is 11.8. The fourth-order valence-electron chi connectivity index (χ4n) is 2.38. The van der Waals surface area contributed by atoms with Gasteiger partial charge in [-0.2, -0.15) is 0 Å². The van der Waals surface area contributed by atoms with Crippen LogP contribution in [0, 0.1) is 6.92 Å². The van der Waals surface area contributed by atoms with Crippen molar-refractivity contribution in [2.45, 2.75) is 6.92 Å². The summed E-state index contributed by atoms with van der Waals surface area (Å²) < 4.78 is 5.45. The second kappa shape index (κ2) is 7.49. The van der Waals surface area contributed by atoms with Crippen LogP contribution in [-0.4, -0.2) is 18.4 Å². The molecule has 0 aliphatic heterocycles. The minimum atomic E-state index is -0.622. The summed E-state index contributed by atoms with van der Waals surface area (Å²) in [6.45, 7) is 1.70. The number of nitrogens with zero attached hydrogens (tertiary/aromatic N) is 1. The number of hydrogen-bond donors (Lipinski definition) is 1. The molecule has 0 heterocycles. The lowest BCUT2D eigenvalue weighted by Gasteiger charge is -2.06. The highest BCUT2D eigenvalue weighted by molar-refractivity contribution is 5.97. The Bertz CT molecular complexity index is 935. The van der Waals surface area contributed by atoms with Gasteiger partial charge in [-0.3, -0.25) is 0 Å². The maximum absolute atomic E-state index is 11.8. The molecule has 5 nitrogen and oxygen atoms in total. The minimum absolute atomic E-state index is 0.141. The Morgan fingerprint density at radius 1 is 1.00 bits per heavy atom. The summed E-state index contributed by atoms with van der Waals surface area (Å²) in [6.07, 6.45) is 0. The zero-order valence-corrected chi connectivity index (χ0v) is 13.8. The third-order valence-electron chi connectivity index (χ3n) is 3.64. The molecule has 0 amide bonds. The molecule has 0 spiro atoms. The number of nitrogens with two attached hydrogens (primary N) is 1. The van der Waals surface area contributed by atoms with Gasteiger partial charge in [0, 0.05) is 5.56 Å². The first-order valence-electron chi connectivity index (χ1n) is 7.84. The predicted octanol–water partition coefficient (Wildman–Crippen LogP) is 3.39. The van der Waals surface area contributed by atoms with Gasteiger partial charge in [0.05, 0.1) is 0 Å². The van der Waals surface area contributed by atoms with Crippen molar-refractivity contribution in [1.29, 1.82) is 0 Å². The summed E-state index contributed by atoms with van der Waals surface area (Å²) >= 11 is 0. The van der Waals surface area contributed by atoms with Crippen LogP contribution in [0.5, 0.6) is 5.75 Å². The Morgan fingerprint density at radius 2 is 1.80 bits per heavy atom. The van der Waals surface area contributed by atoms with Crippen molar-refractivity contribution in [3.8, 4) is 5.75 Å². The monoisotopic (exact) mass is 334 g/mol. The number of oxime groups is 1. The molecule has 5 heteroatoms. The molecule has 0 unspecified atom stereocenters. The van der Waals surface area contributed by atoms with E-state index >= 15 is 0 Å². The summed E-state index contributed by atoms with van der Waals surface area (Å²) in [5.74, 6) is 0.109. The second-order valence-corrected chi connectivity index (χ2v) is 5.61. The summed E-state index contributed by atoms with van der Waals surface area (Å²) in [4.78, 5) is 16.6. The van der Waals surface area contributed by atoms with Gasteiger partial charge in [0.25, 0.3) is 0 Å². The Balaban J connectivity index is 1.57. The van der Waals surface area contributed by atoms with Gasteiger partial charge in [-0.15, -0.1) is 0 Å². The van der Waals surface area contributed by atoms with E-state index in [-0.39, 0.29) is 12.4 Å². The van der Waals surface area contributed by atoms with Gasteiger partial charge in [-0.1, -0.05) is 59.3 Å². The maximum Gasteiger partial charge on any atom is 0.372 e. The summed E-state index contributed by atoms with van der Waals surface area (Å²) in [5.41, 5.74) is 7.55. The lowest BCUT2D eigenvalue weighted by molar-refractivity contribution is -0.146. The second-order valence-electron chi connectivity index (χ2n) is 5.61. The SMILES string of the molecule is Cc1cccc(/C(N)=N\OC(=O)COc2ccc3ccccc3c2)c1. The fraction of sp³-hybridized carbons (Fsp3) is 0.100.